The predicted molar refractivity (Wildman–Crippen MR) is 88.2 cm³/mol. The first-order valence-corrected chi connectivity index (χ1v) is 8.47. The van der Waals surface area contributed by atoms with Crippen molar-refractivity contribution in [1.29, 1.82) is 0 Å². The van der Waals surface area contributed by atoms with Crippen molar-refractivity contribution in [2.24, 2.45) is 0 Å². The molecule has 1 atom stereocenters. The summed E-state index contributed by atoms with van der Waals surface area (Å²) in [6.45, 7) is 5.98. The van der Waals surface area contributed by atoms with Crippen LogP contribution in [0.3, 0.4) is 0 Å². The summed E-state index contributed by atoms with van der Waals surface area (Å²) in [5.41, 5.74) is -0.468. The van der Waals surface area contributed by atoms with Crippen molar-refractivity contribution in [3.63, 3.8) is 0 Å². The maximum atomic E-state index is 12.9. The number of β-amino-alcohol motifs (C(OH)–C–C–N with tert-alkyl or cyclic N) is 1. The van der Waals surface area contributed by atoms with Crippen LogP contribution in [0.4, 0.5) is 13.2 Å². The van der Waals surface area contributed by atoms with E-state index in [0.29, 0.717) is 12.4 Å². The van der Waals surface area contributed by atoms with Crippen molar-refractivity contribution in [2.45, 2.75) is 19.1 Å². The Labute approximate surface area is 149 Å². The zero-order valence-electron chi connectivity index (χ0n) is 14.4. The highest BCUT2D eigenvalue weighted by Crippen LogP contribution is 2.32. The van der Waals surface area contributed by atoms with Gasteiger partial charge >= 0.3 is 6.18 Å². The van der Waals surface area contributed by atoms with Crippen LogP contribution < -0.4 is 0 Å². The Morgan fingerprint density at radius 3 is 2.62 bits per heavy atom. The summed E-state index contributed by atoms with van der Waals surface area (Å²) >= 11 is 0. The van der Waals surface area contributed by atoms with Gasteiger partial charge in [-0.3, -0.25) is 9.80 Å². The second-order valence-corrected chi connectivity index (χ2v) is 6.31. The van der Waals surface area contributed by atoms with Crippen molar-refractivity contribution in [1.82, 2.24) is 19.9 Å². The monoisotopic (exact) mass is 370 g/mol. The Hall–Kier alpha value is -1.97. The van der Waals surface area contributed by atoms with E-state index >= 15 is 0 Å². The third kappa shape index (κ3) is 4.22. The van der Waals surface area contributed by atoms with E-state index in [9.17, 15) is 13.2 Å². The Bertz CT molecular complexity index is 727. The van der Waals surface area contributed by atoms with Gasteiger partial charge in [-0.25, -0.2) is 0 Å². The zero-order valence-corrected chi connectivity index (χ0v) is 14.4. The number of rotatable bonds is 5. The number of hydrogen-bond donors (Lipinski definition) is 1. The van der Waals surface area contributed by atoms with Crippen LogP contribution in [0.2, 0.25) is 0 Å². The summed E-state index contributed by atoms with van der Waals surface area (Å²) < 4.78 is 43.9. The van der Waals surface area contributed by atoms with E-state index in [2.05, 4.69) is 19.9 Å². The minimum Gasteiger partial charge on any atom is -0.395 e. The number of piperazine rings is 1. The van der Waals surface area contributed by atoms with Crippen LogP contribution >= 0.6 is 0 Å². The molecule has 1 aromatic carbocycles. The Kier molecular flexibility index (Phi) is 5.59. The fourth-order valence-electron chi connectivity index (χ4n) is 3.03. The molecule has 3 rings (SSSR count). The predicted octanol–water partition coefficient (Wildman–Crippen LogP) is 2.43. The molecule has 1 N–H and O–H groups in total. The molecule has 1 saturated heterocycles. The number of nitrogens with zero attached hydrogens (tertiary/aromatic N) is 4. The van der Waals surface area contributed by atoms with Crippen LogP contribution in [-0.4, -0.2) is 64.4 Å². The van der Waals surface area contributed by atoms with Gasteiger partial charge in [-0.2, -0.15) is 18.2 Å². The number of hydrogen-bond acceptors (Lipinski definition) is 6. The lowest BCUT2D eigenvalue weighted by Gasteiger charge is -2.36. The Morgan fingerprint density at radius 2 is 1.96 bits per heavy atom. The van der Waals surface area contributed by atoms with Crippen LogP contribution in [0.1, 0.15) is 24.4 Å². The van der Waals surface area contributed by atoms with E-state index in [1.165, 1.54) is 12.1 Å². The van der Waals surface area contributed by atoms with E-state index in [1.807, 2.05) is 6.92 Å². The standard InChI is InChI=1S/C17H21F3N4O2/c1-12(24-7-5-23(6-8-24)9-10-25)16-21-15(22-26-16)13-3-2-4-14(11-13)17(18,19)20/h2-4,11-12,25H,5-10H2,1H3. The molecule has 0 aliphatic carbocycles. The first kappa shape index (κ1) is 18.8. The average Bonchev–Trinajstić information content (AvgIpc) is 3.12. The number of aromatic nitrogens is 2. The minimum absolute atomic E-state index is 0.127. The highest BCUT2D eigenvalue weighted by atomic mass is 19.4. The fourth-order valence-corrected chi connectivity index (χ4v) is 3.03. The summed E-state index contributed by atoms with van der Waals surface area (Å²) in [6.07, 6.45) is -4.41. The van der Waals surface area contributed by atoms with Gasteiger partial charge in [-0.05, 0) is 19.1 Å². The van der Waals surface area contributed by atoms with Gasteiger partial charge in [0.25, 0.3) is 0 Å². The Balaban J connectivity index is 1.70. The molecule has 0 amide bonds. The molecule has 26 heavy (non-hydrogen) atoms. The average molecular weight is 370 g/mol. The topological polar surface area (TPSA) is 65.6 Å². The molecule has 0 radical (unpaired) electrons. The number of benzene rings is 1. The van der Waals surface area contributed by atoms with Gasteiger partial charge in [0, 0.05) is 38.3 Å². The number of halogens is 3. The van der Waals surface area contributed by atoms with Gasteiger partial charge in [0.1, 0.15) is 0 Å². The maximum Gasteiger partial charge on any atom is 0.416 e. The molecule has 6 nitrogen and oxygen atoms in total. The smallest absolute Gasteiger partial charge is 0.395 e. The SMILES string of the molecule is CC(c1nc(-c2cccc(C(F)(F)F)c2)no1)N1CCN(CCO)CC1. The van der Waals surface area contributed by atoms with E-state index in [4.69, 9.17) is 9.63 Å². The normalized spacial score (nSPS) is 18.2. The quantitative estimate of drug-likeness (QED) is 0.872. The van der Waals surface area contributed by atoms with Crippen LogP contribution in [0.5, 0.6) is 0 Å². The number of alkyl halides is 3. The molecule has 9 heteroatoms. The first-order chi connectivity index (χ1) is 12.4. The van der Waals surface area contributed by atoms with Crippen LogP contribution in [0.25, 0.3) is 11.4 Å². The van der Waals surface area contributed by atoms with Gasteiger partial charge in [0.2, 0.25) is 11.7 Å². The van der Waals surface area contributed by atoms with E-state index in [1.54, 1.807) is 0 Å². The molecule has 1 unspecified atom stereocenters. The molecule has 1 aliphatic rings. The lowest BCUT2D eigenvalue weighted by molar-refractivity contribution is -0.137. The summed E-state index contributed by atoms with van der Waals surface area (Å²) in [7, 11) is 0. The van der Waals surface area contributed by atoms with Gasteiger partial charge in [-0.15, -0.1) is 0 Å². The fraction of sp³-hybridized carbons (Fsp3) is 0.529. The molecular formula is C17H21F3N4O2. The van der Waals surface area contributed by atoms with Gasteiger partial charge in [0.15, 0.2) is 0 Å². The summed E-state index contributed by atoms with van der Waals surface area (Å²) in [5, 5.41) is 12.8. The van der Waals surface area contributed by atoms with E-state index in [0.717, 1.165) is 38.3 Å². The highest BCUT2D eigenvalue weighted by molar-refractivity contribution is 5.55. The van der Waals surface area contributed by atoms with Crippen molar-refractivity contribution in [3.05, 3.63) is 35.7 Å². The van der Waals surface area contributed by atoms with Crippen molar-refractivity contribution in [3.8, 4) is 11.4 Å². The molecule has 1 fully saturated rings. The zero-order chi connectivity index (χ0) is 18.7. The van der Waals surface area contributed by atoms with Crippen molar-refractivity contribution in [2.75, 3.05) is 39.3 Å². The molecule has 142 valence electrons. The molecule has 1 aromatic heterocycles. The van der Waals surface area contributed by atoms with E-state index < -0.39 is 11.7 Å². The molecule has 2 heterocycles. The Morgan fingerprint density at radius 1 is 1.23 bits per heavy atom. The summed E-state index contributed by atoms with van der Waals surface area (Å²) in [6, 6.07) is 4.77. The van der Waals surface area contributed by atoms with Crippen LogP contribution in [0, 0.1) is 0 Å². The highest BCUT2D eigenvalue weighted by Gasteiger charge is 2.31. The largest absolute Gasteiger partial charge is 0.416 e. The lowest BCUT2D eigenvalue weighted by Crippen LogP contribution is -2.47. The van der Waals surface area contributed by atoms with Gasteiger partial charge in [-0.1, -0.05) is 17.3 Å². The van der Waals surface area contributed by atoms with Crippen molar-refractivity contribution >= 4 is 0 Å². The molecule has 1 aliphatic heterocycles. The molecule has 0 saturated carbocycles. The van der Waals surface area contributed by atoms with Crippen molar-refractivity contribution < 1.29 is 22.8 Å². The molecule has 2 aromatic rings. The third-order valence-electron chi connectivity index (χ3n) is 4.62. The van der Waals surface area contributed by atoms with E-state index in [-0.39, 0.29) is 24.0 Å². The maximum absolute atomic E-state index is 12.9. The molecular weight excluding hydrogens is 349 g/mol. The number of aliphatic hydroxyl groups is 1. The third-order valence-corrected chi connectivity index (χ3v) is 4.62. The summed E-state index contributed by atoms with van der Waals surface area (Å²) in [4.78, 5) is 8.64. The lowest BCUT2D eigenvalue weighted by atomic mass is 10.1. The number of aliphatic hydroxyl groups excluding tert-OH is 1. The van der Waals surface area contributed by atoms with Gasteiger partial charge < -0.3 is 9.63 Å². The second-order valence-electron chi connectivity index (χ2n) is 6.31. The summed E-state index contributed by atoms with van der Waals surface area (Å²) in [5.74, 6) is 0.532. The van der Waals surface area contributed by atoms with Crippen LogP contribution in [-0.2, 0) is 6.18 Å². The molecule has 0 spiro atoms. The van der Waals surface area contributed by atoms with Crippen LogP contribution in [0.15, 0.2) is 28.8 Å². The first-order valence-electron chi connectivity index (χ1n) is 8.47. The molecule has 0 bridgehead atoms. The minimum atomic E-state index is -4.41. The van der Waals surface area contributed by atoms with Gasteiger partial charge in [0.05, 0.1) is 18.2 Å². The second kappa shape index (κ2) is 7.73.